The van der Waals surface area contributed by atoms with Gasteiger partial charge in [-0.3, -0.25) is 0 Å². The number of allylic oxidation sites excluding steroid dienone is 1. The molecule has 0 bridgehead atoms. The Balaban J connectivity index is 1.54. The summed E-state index contributed by atoms with van der Waals surface area (Å²) in [7, 11) is 4.08. The molecule has 0 radical (unpaired) electrons. The zero-order valence-electron chi connectivity index (χ0n) is 15.5. The van der Waals surface area contributed by atoms with Crippen LogP contribution in [0, 0.1) is 0 Å². The van der Waals surface area contributed by atoms with Crippen LogP contribution in [0.3, 0.4) is 0 Å². The fourth-order valence-corrected chi connectivity index (χ4v) is 3.27. The van der Waals surface area contributed by atoms with Crippen molar-refractivity contribution in [3.8, 4) is 11.1 Å². The van der Waals surface area contributed by atoms with Crippen molar-refractivity contribution in [3.63, 3.8) is 0 Å². The van der Waals surface area contributed by atoms with E-state index >= 15 is 0 Å². The molecular weight excluding hydrogens is 330 g/mol. The van der Waals surface area contributed by atoms with Gasteiger partial charge in [0.2, 0.25) is 0 Å². The number of hydrogen-bond acceptors (Lipinski definition) is 3. The lowest BCUT2D eigenvalue weighted by Gasteiger charge is -2.11. The summed E-state index contributed by atoms with van der Waals surface area (Å²) in [4.78, 5) is 2.09. The quantitative estimate of drug-likeness (QED) is 0.364. The van der Waals surface area contributed by atoms with Crippen LogP contribution in [0.1, 0.15) is 16.7 Å². The molecule has 0 saturated carbocycles. The van der Waals surface area contributed by atoms with Gasteiger partial charge in [-0.15, -0.1) is 5.10 Å². The Labute approximate surface area is 160 Å². The van der Waals surface area contributed by atoms with Crippen molar-refractivity contribution in [2.45, 2.75) is 0 Å². The highest BCUT2D eigenvalue weighted by Crippen LogP contribution is 2.36. The topological polar surface area (TPSA) is 28.0 Å². The molecule has 27 heavy (non-hydrogen) atoms. The van der Waals surface area contributed by atoms with Crippen molar-refractivity contribution < 1.29 is 0 Å². The van der Waals surface area contributed by atoms with Gasteiger partial charge in [-0.25, -0.2) is 0 Å². The Morgan fingerprint density at radius 2 is 1.26 bits per heavy atom. The summed E-state index contributed by atoms with van der Waals surface area (Å²) in [5.41, 5.74) is 7.97. The number of rotatable bonds is 4. The van der Waals surface area contributed by atoms with Gasteiger partial charge in [0.1, 0.15) is 5.71 Å². The maximum absolute atomic E-state index is 4.50. The molecule has 0 atom stereocenters. The summed E-state index contributed by atoms with van der Waals surface area (Å²) in [6.45, 7) is 0. The standard InChI is InChI=1S/C24H21N3/c1-27(2)19-15-13-18(14-16-19)8-7-17-25-26-24-22-11-5-3-9-20(22)21-10-4-6-12-23(21)24/h3-17H,1-2H3/b8-7+,25-17+. The molecule has 0 fully saturated rings. The van der Waals surface area contributed by atoms with E-state index in [1.807, 2.05) is 38.4 Å². The largest absolute Gasteiger partial charge is 0.378 e. The van der Waals surface area contributed by atoms with Gasteiger partial charge >= 0.3 is 0 Å². The monoisotopic (exact) mass is 351 g/mol. The van der Waals surface area contributed by atoms with Gasteiger partial charge in [0.15, 0.2) is 0 Å². The number of benzene rings is 3. The summed E-state index contributed by atoms with van der Waals surface area (Å²) in [6.07, 6.45) is 5.68. The van der Waals surface area contributed by atoms with Crippen molar-refractivity contribution in [1.82, 2.24) is 0 Å². The third kappa shape index (κ3) is 3.44. The van der Waals surface area contributed by atoms with Crippen molar-refractivity contribution in [2.24, 2.45) is 10.2 Å². The van der Waals surface area contributed by atoms with Gasteiger partial charge in [-0.05, 0) is 34.9 Å². The zero-order valence-corrected chi connectivity index (χ0v) is 15.5. The highest BCUT2D eigenvalue weighted by Gasteiger charge is 2.23. The lowest BCUT2D eigenvalue weighted by atomic mass is 10.1. The average molecular weight is 351 g/mol. The predicted molar refractivity (Wildman–Crippen MR) is 116 cm³/mol. The minimum absolute atomic E-state index is 0.932. The maximum Gasteiger partial charge on any atom is 0.101 e. The van der Waals surface area contributed by atoms with E-state index in [9.17, 15) is 0 Å². The molecule has 0 heterocycles. The fourth-order valence-electron chi connectivity index (χ4n) is 3.27. The Kier molecular flexibility index (Phi) is 4.67. The molecule has 0 aromatic heterocycles. The first-order valence-corrected chi connectivity index (χ1v) is 8.98. The summed E-state index contributed by atoms with van der Waals surface area (Å²) >= 11 is 0. The first-order valence-electron chi connectivity index (χ1n) is 8.98. The van der Waals surface area contributed by atoms with Gasteiger partial charge in [-0.1, -0.05) is 66.7 Å². The van der Waals surface area contributed by atoms with Gasteiger partial charge in [0, 0.05) is 37.1 Å². The summed E-state index contributed by atoms with van der Waals surface area (Å²) in [5, 5.41) is 8.78. The maximum atomic E-state index is 4.50. The van der Waals surface area contributed by atoms with Gasteiger partial charge < -0.3 is 4.90 Å². The Morgan fingerprint density at radius 3 is 1.81 bits per heavy atom. The van der Waals surface area contributed by atoms with E-state index in [4.69, 9.17) is 0 Å². The third-order valence-electron chi connectivity index (χ3n) is 4.66. The molecule has 3 heteroatoms. The Morgan fingerprint density at radius 1 is 0.704 bits per heavy atom. The number of fused-ring (bicyclic) bond motifs is 3. The normalized spacial score (nSPS) is 12.4. The van der Waals surface area contributed by atoms with Crippen LogP contribution in [0.15, 0.2) is 89.1 Å². The van der Waals surface area contributed by atoms with Crippen LogP contribution in [-0.4, -0.2) is 26.0 Å². The van der Waals surface area contributed by atoms with Crippen molar-refractivity contribution >= 4 is 23.7 Å². The van der Waals surface area contributed by atoms with Crippen LogP contribution < -0.4 is 4.90 Å². The smallest absolute Gasteiger partial charge is 0.101 e. The lowest BCUT2D eigenvalue weighted by Crippen LogP contribution is -2.07. The summed E-state index contributed by atoms with van der Waals surface area (Å²) in [6, 6.07) is 25.1. The van der Waals surface area contributed by atoms with Crippen molar-refractivity contribution in [1.29, 1.82) is 0 Å². The first-order chi connectivity index (χ1) is 13.2. The van der Waals surface area contributed by atoms with E-state index in [1.54, 1.807) is 6.21 Å². The fraction of sp³-hybridized carbons (Fsp3) is 0.0833. The zero-order chi connectivity index (χ0) is 18.6. The van der Waals surface area contributed by atoms with Crippen LogP contribution in [0.5, 0.6) is 0 Å². The molecule has 0 unspecified atom stereocenters. The SMILES string of the molecule is CN(C)c1ccc(/C=C/C=N/N=C2c3ccccc3-c3ccccc32)cc1. The molecule has 3 aromatic carbocycles. The molecule has 4 rings (SSSR count). The molecule has 3 nitrogen and oxygen atoms in total. The average Bonchev–Trinajstić information content (AvgIpc) is 3.02. The van der Waals surface area contributed by atoms with E-state index in [0.29, 0.717) is 0 Å². The number of hydrogen-bond donors (Lipinski definition) is 0. The van der Waals surface area contributed by atoms with Crippen molar-refractivity contribution in [2.75, 3.05) is 19.0 Å². The van der Waals surface area contributed by atoms with Gasteiger partial charge in [0.25, 0.3) is 0 Å². The molecule has 1 aliphatic carbocycles. The van der Waals surface area contributed by atoms with Crippen LogP contribution in [-0.2, 0) is 0 Å². The lowest BCUT2D eigenvalue weighted by molar-refractivity contribution is 1.13. The van der Waals surface area contributed by atoms with E-state index in [0.717, 1.165) is 22.4 Å². The van der Waals surface area contributed by atoms with E-state index in [-0.39, 0.29) is 0 Å². The van der Waals surface area contributed by atoms with Crippen LogP contribution in [0.4, 0.5) is 5.69 Å². The minimum atomic E-state index is 0.932. The number of anilines is 1. The third-order valence-corrected chi connectivity index (χ3v) is 4.66. The Bertz CT molecular complexity index is 994. The first kappa shape index (κ1) is 17.0. The van der Waals surface area contributed by atoms with Crippen LogP contribution in [0.25, 0.3) is 17.2 Å². The predicted octanol–water partition coefficient (Wildman–Crippen LogP) is 5.27. The molecule has 3 aromatic rings. The number of nitrogens with zero attached hydrogens (tertiary/aromatic N) is 3. The molecule has 0 saturated heterocycles. The molecule has 0 amide bonds. The Hall–Kier alpha value is -3.46. The molecule has 132 valence electrons. The van der Waals surface area contributed by atoms with Crippen molar-refractivity contribution in [3.05, 3.63) is 95.6 Å². The van der Waals surface area contributed by atoms with Gasteiger partial charge in [0.05, 0.1) is 0 Å². The second-order valence-corrected chi connectivity index (χ2v) is 6.65. The molecule has 1 aliphatic rings. The second kappa shape index (κ2) is 7.42. The molecule has 0 N–H and O–H groups in total. The van der Waals surface area contributed by atoms with Gasteiger partial charge in [-0.2, -0.15) is 5.10 Å². The summed E-state index contributed by atoms with van der Waals surface area (Å²) in [5.74, 6) is 0. The van der Waals surface area contributed by atoms with E-state index in [1.165, 1.54) is 16.8 Å². The second-order valence-electron chi connectivity index (χ2n) is 6.65. The van der Waals surface area contributed by atoms with E-state index in [2.05, 4.69) is 75.8 Å². The molecular formula is C24H21N3. The van der Waals surface area contributed by atoms with Crippen LogP contribution in [0.2, 0.25) is 0 Å². The highest BCUT2D eigenvalue weighted by atomic mass is 15.2. The minimum Gasteiger partial charge on any atom is -0.378 e. The summed E-state index contributed by atoms with van der Waals surface area (Å²) < 4.78 is 0. The molecule has 0 spiro atoms. The highest BCUT2D eigenvalue weighted by molar-refractivity contribution is 6.24. The van der Waals surface area contributed by atoms with Crippen LogP contribution >= 0.6 is 0 Å². The molecule has 0 aliphatic heterocycles. The van der Waals surface area contributed by atoms with E-state index < -0.39 is 0 Å².